The highest BCUT2D eigenvalue weighted by Crippen LogP contribution is 2.26. The monoisotopic (exact) mass is 374 g/mol. The molecule has 3 aromatic rings. The van der Waals surface area contributed by atoms with Gasteiger partial charge < -0.3 is 4.90 Å². The molecule has 1 aromatic carbocycles. The van der Waals surface area contributed by atoms with Crippen LogP contribution in [0, 0.1) is 0 Å². The van der Waals surface area contributed by atoms with Crippen molar-refractivity contribution in [3.63, 3.8) is 0 Å². The third-order valence-electron chi connectivity index (χ3n) is 5.74. The third kappa shape index (κ3) is 4.50. The van der Waals surface area contributed by atoms with Gasteiger partial charge in [-0.25, -0.2) is 9.97 Å². The average Bonchev–Trinajstić information content (AvgIpc) is 3.24. The molecule has 0 bridgehead atoms. The molecule has 0 amide bonds. The first-order valence-corrected chi connectivity index (χ1v) is 10.6. The second-order valence-electron chi connectivity index (χ2n) is 7.72. The molecular formula is C24H30N4. The summed E-state index contributed by atoms with van der Waals surface area (Å²) in [6, 6.07) is 17.3. The molecule has 1 atom stereocenters. The second-order valence-corrected chi connectivity index (χ2v) is 7.72. The van der Waals surface area contributed by atoms with E-state index in [1.807, 2.05) is 12.4 Å². The SMILES string of the molecule is CCc1nccn1-c1cccc([C@H]2CCCN(CCCc3ccccc3)C2)n1. The number of imidazole rings is 1. The quantitative estimate of drug-likeness (QED) is 0.604. The van der Waals surface area contributed by atoms with Crippen molar-refractivity contribution in [2.75, 3.05) is 19.6 Å². The van der Waals surface area contributed by atoms with Crippen molar-refractivity contribution < 1.29 is 0 Å². The number of hydrogen-bond acceptors (Lipinski definition) is 3. The minimum Gasteiger partial charge on any atom is -0.303 e. The van der Waals surface area contributed by atoms with E-state index in [4.69, 9.17) is 4.98 Å². The van der Waals surface area contributed by atoms with Crippen molar-refractivity contribution >= 4 is 0 Å². The van der Waals surface area contributed by atoms with Gasteiger partial charge in [0, 0.05) is 37.0 Å². The van der Waals surface area contributed by atoms with Crippen molar-refractivity contribution in [1.82, 2.24) is 19.4 Å². The number of aromatic nitrogens is 3. The van der Waals surface area contributed by atoms with Crippen molar-refractivity contribution in [3.05, 3.63) is 78.0 Å². The summed E-state index contributed by atoms with van der Waals surface area (Å²) in [7, 11) is 0. The van der Waals surface area contributed by atoms with Crippen molar-refractivity contribution in [3.8, 4) is 5.82 Å². The Morgan fingerprint density at radius 3 is 2.82 bits per heavy atom. The van der Waals surface area contributed by atoms with Gasteiger partial charge in [0.05, 0.1) is 0 Å². The Morgan fingerprint density at radius 2 is 1.96 bits per heavy atom. The summed E-state index contributed by atoms with van der Waals surface area (Å²) < 4.78 is 2.12. The van der Waals surface area contributed by atoms with E-state index < -0.39 is 0 Å². The first-order chi connectivity index (χ1) is 13.8. The summed E-state index contributed by atoms with van der Waals surface area (Å²) in [6.45, 7) is 5.64. The number of piperidine rings is 1. The zero-order chi connectivity index (χ0) is 19.2. The molecule has 1 saturated heterocycles. The Kier molecular flexibility index (Phi) is 6.17. The van der Waals surface area contributed by atoms with E-state index in [2.05, 4.69) is 69.9 Å². The Bertz CT molecular complexity index is 871. The smallest absolute Gasteiger partial charge is 0.138 e. The highest BCUT2D eigenvalue weighted by molar-refractivity contribution is 5.28. The lowest BCUT2D eigenvalue weighted by atomic mass is 9.94. The number of nitrogens with zero attached hydrogens (tertiary/aromatic N) is 4. The van der Waals surface area contributed by atoms with Crippen LogP contribution in [0.5, 0.6) is 0 Å². The van der Waals surface area contributed by atoms with Gasteiger partial charge in [0.25, 0.3) is 0 Å². The standard InChI is InChI=1S/C24H30N4/c1-2-23-25-15-18-28(23)24-14-6-13-22(26-24)21-12-8-17-27(19-21)16-7-11-20-9-4-3-5-10-20/h3-6,9-10,13-15,18,21H,2,7-8,11-12,16-17,19H2,1H3/t21-/m0/s1. The van der Waals surface area contributed by atoms with E-state index >= 15 is 0 Å². The zero-order valence-corrected chi connectivity index (χ0v) is 16.8. The molecule has 0 radical (unpaired) electrons. The van der Waals surface area contributed by atoms with Crippen LogP contribution in [0.1, 0.15) is 49.2 Å². The fraction of sp³-hybridized carbons (Fsp3) is 0.417. The number of benzene rings is 1. The fourth-order valence-electron chi connectivity index (χ4n) is 4.26. The molecule has 3 heterocycles. The van der Waals surface area contributed by atoms with E-state index in [1.165, 1.54) is 43.6 Å². The largest absolute Gasteiger partial charge is 0.303 e. The van der Waals surface area contributed by atoms with Crippen LogP contribution < -0.4 is 0 Å². The summed E-state index contributed by atoms with van der Waals surface area (Å²) in [5, 5.41) is 0. The Balaban J connectivity index is 1.38. The van der Waals surface area contributed by atoms with E-state index in [0.29, 0.717) is 5.92 Å². The lowest BCUT2D eigenvalue weighted by molar-refractivity contribution is 0.204. The third-order valence-corrected chi connectivity index (χ3v) is 5.74. The molecule has 146 valence electrons. The maximum atomic E-state index is 5.01. The first-order valence-electron chi connectivity index (χ1n) is 10.6. The second kappa shape index (κ2) is 9.16. The van der Waals surface area contributed by atoms with Gasteiger partial charge in [-0.05, 0) is 56.5 Å². The molecule has 4 heteroatoms. The van der Waals surface area contributed by atoms with Crippen LogP contribution >= 0.6 is 0 Å². The summed E-state index contributed by atoms with van der Waals surface area (Å²) in [4.78, 5) is 12.1. The normalized spacial score (nSPS) is 17.7. The van der Waals surface area contributed by atoms with Gasteiger partial charge in [0.15, 0.2) is 0 Å². The molecule has 1 aliphatic rings. The molecular weight excluding hydrogens is 344 g/mol. The predicted octanol–water partition coefficient (Wildman–Crippen LogP) is 4.64. The maximum absolute atomic E-state index is 5.01. The van der Waals surface area contributed by atoms with Crippen molar-refractivity contribution in [2.45, 2.75) is 44.9 Å². The molecule has 0 aliphatic carbocycles. The van der Waals surface area contributed by atoms with Crippen molar-refractivity contribution in [2.24, 2.45) is 0 Å². The predicted molar refractivity (Wildman–Crippen MR) is 114 cm³/mol. The summed E-state index contributed by atoms with van der Waals surface area (Å²) in [5.74, 6) is 2.59. The minimum atomic E-state index is 0.527. The van der Waals surface area contributed by atoms with Gasteiger partial charge in [0.2, 0.25) is 0 Å². The van der Waals surface area contributed by atoms with Gasteiger partial charge in [-0.2, -0.15) is 0 Å². The topological polar surface area (TPSA) is 34.0 Å². The van der Waals surface area contributed by atoms with Crippen LogP contribution in [-0.4, -0.2) is 39.1 Å². The van der Waals surface area contributed by atoms with Crippen LogP contribution in [0.2, 0.25) is 0 Å². The van der Waals surface area contributed by atoms with Gasteiger partial charge in [-0.15, -0.1) is 0 Å². The zero-order valence-electron chi connectivity index (χ0n) is 16.8. The van der Waals surface area contributed by atoms with Crippen LogP contribution in [0.15, 0.2) is 60.9 Å². The molecule has 0 saturated carbocycles. The van der Waals surface area contributed by atoms with E-state index in [1.54, 1.807) is 0 Å². The number of likely N-dealkylation sites (tertiary alicyclic amines) is 1. The van der Waals surface area contributed by atoms with E-state index in [0.717, 1.165) is 31.0 Å². The molecule has 0 N–H and O–H groups in total. The molecule has 1 aliphatic heterocycles. The summed E-state index contributed by atoms with van der Waals surface area (Å²) in [5.41, 5.74) is 2.67. The summed E-state index contributed by atoms with van der Waals surface area (Å²) >= 11 is 0. The lowest BCUT2D eigenvalue weighted by Gasteiger charge is -2.32. The number of pyridine rings is 1. The fourth-order valence-corrected chi connectivity index (χ4v) is 4.26. The molecule has 4 rings (SSSR count). The van der Waals surface area contributed by atoms with Gasteiger partial charge in [0.1, 0.15) is 11.6 Å². The van der Waals surface area contributed by atoms with Crippen LogP contribution in [0.25, 0.3) is 5.82 Å². The lowest BCUT2D eigenvalue weighted by Crippen LogP contribution is -2.35. The molecule has 2 aromatic heterocycles. The Morgan fingerprint density at radius 1 is 1.07 bits per heavy atom. The highest BCUT2D eigenvalue weighted by atomic mass is 15.1. The van der Waals surface area contributed by atoms with Crippen LogP contribution in [0.3, 0.4) is 0 Å². The van der Waals surface area contributed by atoms with Crippen molar-refractivity contribution in [1.29, 1.82) is 0 Å². The van der Waals surface area contributed by atoms with Gasteiger partial charge in [-0.1, -0.05) is 43.3 Å². The van der Waals surface area contributed by atoms with Gasteiger partial charge in [-0.3, -0.25) is 4.57 Å². The molecule has 1 fully saturated rings. The Labute approximate surface area is 168 Å². The van der Waals surface area contributed by atoms with E-state index in [9.17, 15) is 0 Å². The number of aryl methyl sites for hydroxylation is 2. The molecule has 0 unspecified atom stereocenters. The Hall–Kier alpha value is -2.46. The molecule has 0 spiro atoms. The molecule has 28 heavy (non-hydrogen) atoms. The van der Waals surface area contributed by atoms with Crippen LogP contribution in [0.4, 0.5) is 0 Å². The number of hydrogen-bond donors (Lipinski definition) is 0. The first kappa shape index (κ1) is 18.9. The van der Waals surface area contributed by atoms with Crippen LogP contribution in [-0.2, 0) is 12.8 Å². The van der Waals surface area contributed by atoms with E-state index in [-0.39, 0.29) is 0 Å². The summed E-state index contributed by atoms with van der Waals surface area (Å²) in [6.07, 6.45) is 9.67. The van der Waals surface area contributed by atoms with Gasteiger partial charge >= 0.3 is 0 Å². The average molecular weight is 375 g/mol. The maximum Gasteiger partial charge on any atom is 0.138 e. The number of rotatable bonds is 7. The minimum absolute atomic E-state index is 0.527. The highest BCUT2D eigenvalue weighted by Gasteiger charge is 2.22. The molecule has 4 nitrogen and oxygen atoms in total.